The van der Waals surface area contributed by atoms with Crippen LogP contribution >= 0.6 is 0 Å². The van der Waals surface area contributed by atoms with Crippen molar-refractivity contribution in [2.75, 3.05) is 20.1 Å². The third-order valence-corrected chi connectivity index (χ3v) is 3.09. The van der Waals surface area contributed by atoms with Gasteiger partial charge in [0.25, 0.3) is 0 Å². The summed E-state index contributed by atoms with van der Waals surface area (Å²) in [6.07, 6.45) is 3.41. The van der Waals surface area contributed by atoms with Gasteiger partial charge in [0.15, 0.2) is 0 Å². The van der Waals surface area contributed by atoms with Gasteiger partial charge in [-0.15, -0.1) is 0 Å². The summed E-state index contributed by atoms with van der Waals surface area (Å²) >= 11 is 0. The molecule has 2 atom stereocenters. The first kappa shape index (κ1) is 10.6. The molecular weight excluding hydrogens is 188 g/mol. The van der Waals surface area contributed by atoms with Gasteiger partial charge in [-0.1, -0.05) is 6.07 Å². The van der Waals surface area contributed by atoms with E-state index in [1.54, 1.807) is 0 Å². The third-order valence-electron chi connectivity index (χ3n) is 3.09. The summed E-state index contributed by atoms with van der Waals surface area (Å²) in [5, 5.41) is 9.89. The highest BCUT2D eigenvalue weighted by Gasteiger charge is 2.26. The minimum absolute atomic E-state index is 0.164. The number of pyridine rings is 1. The van der Waals surface area contributed by atoms with Crippen LogP contribution in [0.15, 0.2) is 24.4 Å². The topological polar surface area (TPSA) is 36.4 Å². The van der Waals surface area contributed by atoms with E-state index in [0.717, 1.165) is 31.6 Å². The predicted molar refractivity (Wildman–Crippen MR) is 59.6 cm³/mol. The highest BCUT2D eigenvalue weighted by Crippen LogP contribution is 2.19. The molecular formula is C12H18N2O. The SMILES string of the molecule is CN1CC[C@H](O)[C@H](Cc2ccccn2)C1. The van der Waals surface area contributed by atoms with Gasteiger partial charge < -0.3 is 10.0 Å². The molecule has 0 saturated carbocycles. The molecule has 1 fully saturated rings. The van der Waals surface area contributed by atoms with Crippen molar-refractivity contribution in [2.45, 2.75) is 18.9 Å². The lowest BCUT2D eigenvalue weighted by Gasteiger charge is -2.33. The van der Waals surface area contributed by atoms with Gasteiger partial charge in [0, 0.05) is 30.9 Å². The van der Waals surface area contributed by atoms with Gasteiger partial charge in [0.05, 0.1) is 6.10 Å². The summed E-state index contributed by atoms with van der Waals surface area (Å²) in [5.74, 6) is 0.332. The molecule has 0 bridgehead atoms. The number of hydrogen-bond acceptors (Lipinski definition) is 3. The highest BCUT2D eigenvalue weighted by molar-refractivity contribution is 5.05. The van der Waals surface area contributed by atoms with Crippen molar-refractivity contribution in [1.29, 1.82) is 0 Å². The maximum absolute atomic E-state index is 9.89. The molecule has 15 heavy (non-hydrogen) atoms. The summed E-state index contributed by atoms with van der Waals surface area (Å²) in [4.78, 5) is 6.58. The molecule has 1 saturated heterocycles. The van der Waals surface area contributed by atoms with E-state index in [2.05, 4.69) is 16.9 Å². The van der Waals surface area contributed by atoms with Gasteiger partial charge in [0.1, 0.15) is 0 Å². The van der Waals surface area contributed by atoms with Crippen LogP contribution in [0.5, 0.6) is 0 Å². The van der Waals surface area contributed by atoms with Crippen LogP contribution in [-0.4, -0.2) is 41.2 Å². The second kappa shape index (κ2) is 4.73. The van der Waals surface area contributed by atoms with Crippen molar-refractivity contribution in [1.82, 2.24) is 9.88 Å². The van der Waals surface area contributed by atoms with Crippen LogP contribution in [0, 0.1) is 5.92 Å². The quantitative estimate of drug-likeness (QED) is 0.782. The molecule has 1 aliphatic heterocycles. The van der Waals surface area contributed by atoms with Crippen LogP contribution < -0.4 is 0 Å². The second-order valence-electron chi connectivity index (χ2n) is 4.40. The van der Waals surface area contributed by atoms with E-state index in [0.29, 0.717) is 5.92 Å². The Morgan fingerprint density at radius 1 is 1.53 bits per heavy atom. The van der Waals surface area contributed by atoms with Gasteiger partial charge in [-0.3, -0.25) is 4.98 Å². The number of likely N-dealkylation sites (tertiary alicyclic amines) is 1. The van der Waals surface area contributed by atoms with Crippen molar-refractivity contribution in [2.24, 2.45) is 5.92 Å². The molecule has 0 unspecified atom stereocenters. The maximum Gasteiger partial charge on any atom is 0.0596 e. The number of nitrogens with zero attached hydrogens (tertiary/aromatic N) is 2. The molecule has 0 spiro atoms. The minimum atomic E-state index is -0.164. The Bertz CT molecular complexity index is 302. The van der Waals surface area contributed by atoms with Crippen molar-refractivity contribution in [3.63, 3.8) is 0 Å². The molecule has 3 heteroatoms. The number of rotatable bonds is 2. The largest absolute Gasteiger partial charge is 0.393 e. The van der Waals surface area contributed by atoms with E-state index in [9.17, 15) is 5.11 Å². The van der Waals surface area contributed by atoms with E-state index in [-0.39, 0.29) is 6.10 Å². The third kappa shape index (κ3) is 2.76. The first-order chi connectivity index (χ1) is 7.25. The lowest BCUT2D eigenvalue weighted by molar-refractivity contribution is 0.0362. The molecule has 0 aromatic carbocycles. The average Bonchev–Trinajstić information content (AvgIpc) is 2.25. The van der Waals surface area contributed by atoms with Crippen LogP contribution in [-0.2, 0) is 6.42 Å². The monoisotopic (exact) mass is 206 g/mol. The minimum Gasteiger partial charge on any atom is -0.393 e. The van der Waals surface area contributed by atoms with Gasteiger partial charge >= 0.3 is 0 Å². The Kier molecular flexibility index (Phi) is 3.34. The van der Waals surface area contributed by atoms with E-state index in [1.807, 2.05) is 24.4 Å². The van der Waals surface area contributed by atoms with Crippen molar-refractivity contribution >= 4 is 0 Å². The fourth-order valence-electron chi connectivity index (χ4n) is 2.19. The molecule has 3 nitrogen and oxygen atoms in total. The summed E-state index contributed by atoms with van der Waals surface area (Å²) in [6.45, 7) is 1.97. The van der Waals surface area contributed by atoms with Crippen LogP contribution in [0.25, 0.3) is 0 Å². The molecule has 0 radical (unpaired) electrons. The van der Waals surface area contributed by atoms with Crippen LogP contribution in [0.2, 0.25) is 0 Å². The van der Waals surface area contributed by atoms with Crippen molar-refractivity contribution < 1.29 is 5.11 Å². The first-order valence-corrected chi connectivity index (χ1v) is 5.52. The van der Waals surface area contributed by atoms with Crippen molar-refractivity contribution in [3.8, 4) is 0 Å². The van der Waals surface area contributed by atoms with Crippen LogP contribution in [0.1, 0.15) is 12.1 Å². The smallest absolute Gasteiger partial charge is 0.0596 e. The normalized spacial score (nSPS) is 27.9. The molecule has 1 aliphatic rings. The summed E-state index contributed by atoms with van der Waals surface area (Å²) < 4.78 is 0. The Morgan fingerprint density at radius 2 is 2.40 bits per heavy atom. The molecule has 1 N–H and O–H groups in total. The van der Waals surface area contributed by atoms with Gasteiger partial charge in [0.2, 0.25) is 0 Å². The fraction of sp³-hybridized carbons (Fsp3) is 0.583. The lowest BCUT2D eigenvalue weighted by atomic mass is 9.90. The number of aromatic nitrogens is 1. The average molecular weight is 206 g/mol. The van der Waals surface area contributed by atoms with Gasteiger partial charge in [-0.2, -0.15) is 0 Å². The molecule has 1 aromatic heterocycles. The Morgan fingerprint density at radius 3 is 3.13 bits per heavy atom. The zero-order valence-corrected chi connectivity index (χ0v) is 9.13. The standard InChI is InChI=1S/C12H18N2O/c1-14-7-5-12(15)10(9-14)8-11-4-2-3-6-13-11/h2-4,6,10,12,15H,5,7-9H2,1H3/t10-,12+/m1/s1. The van der Waals surface area contributed by atoms with Gasteiger partial charge in [-0.05, 0) is 32.0 Å². The van der Waals surface area contributed by atoms with Crippen LogP contribution in [0.3, 0.4) is 0 Å². The van der Waals surface area contributed by atoms with E-state index < -0.39 is 0 Å². The summed E-state index contributed by atoms with van der Waals surface area (Å²) in [5.41, 5.74) is 1.08. The number of piperidine rings is 1. The molecule has 1 aromatic rings. The number of aliphatic hydroxyl groups excluding tert-OH is 1. The zero-order valence-electron chi connectivity index (χ0n) is 9.13. The predicted octanol–water partition coefficient (Wildman–Crippen LogP) is 0.937. The number of hydrogen-bond donors (Lipinski definition) is 1. The molecule has 2 rings (SSSR count). The first-order valence-electron chi connectivity index (χ1n) is 5.52. The molecule has 0 amide bonds. The lowest BCUT2D eigenvalue weighted by Crippen LogP contribution is -2.42. The Balaban J connectivity index is 1.98. The second-order valence-corrected chi connectivity index (χ2v) is 4.40. The molecule has 0 aliphatic carbocycles. The maximum atomic E-state index is 9.89. The van der Waals surface area contributed by atoms with Gasteiger partial charge in [-0.25, -0.2) is 0 Å². The van der Waals surface area contributed by atoms with E-state index in [4.69, 9.17) is 0 Å². The number of aliphatic hydroxyl groups is 1. The summed E-state index contributed by atoms with van der Waals surface area (Å²) in [6, 6.07) is 5.95. The Hall–Kier alpha value is -0.930. The zero-order chi connectivity index (χ0) is 10.7. The van der Waals surface area contributed by atoms with E-state index >= 15 is 0 Å². The van der Waals surface area contributed by atoms with Crippen molar-refractivity contribution in [3.05, 3.63) is 30.1 Å². The Labute approximate surface area is 90.8 Å². The van der Waals surface area contributed by atoms with Crippen LogP contribution in [0.4, 0.5) is 0 Å². The highest BCUT2D eigenvalue weighted by atomic mass is 16.3. The molecule has 2 heterocycles. The summed E-state index contributed by atoms with van der Waals surface area (Å²) in [7, 11) is 2.11. The van der Waals surface area contributed by atoms with E-state index in [1.165, 1.54) is 0 Å². The fourth-order valence-corrected chi connectivity index (χ4v) is 2.19. The molecule has 82 valence electrons.